The van der Waals surface area contributed by atoms with E-state index in [0.717, 1.165) is 31.5 Å². The Hall–Kier alpha value is -0.0800. The van der Waals surface area contributed by atoms with E-state index in [9.17, 15) is 0 Å². The van der Waals surface area contributed by atoms with E-state index >= 15 is 0 Å². The van der Waals surface area contributed by atoms with E-state index in [4.69, 9.17) is 5.73 Å². The molecule has 0 heterocycles. The van der Waals surface area contributed by atoms with Crippen LogP contribution in [0.2, 0.25) is 0 Å². The summed E-state index contributed by atoms with van der Waals surface area (Å²) in [7, 11) is 2.13. The van der Waals surface area contributed by atoms with E-state index in [1.165, 1.54) is 0 Å². The zero-order valence-corrected chi connectivity index (χ0v) is 8.30. The summed E-state index contributed by atoms with van der Waals surface area (Å²) in [5, 5.41) is 0. The molecule has 0 aromatic heterocycles. The van der Waals surface area contributed by atoms with Gasteiger partial charge in [-0.2, -0.15) is 0 Å². The minimum absolute atomic E-state index is 0.765. The largest absolute Gasteiger partial charge is 0.329 e. The van der Waals surface area contributed by atoms with Crippen molar-refractivity contribution in [3.63, 3.8) is 0 Å². The molecule has 0 rings (SSSR count). The first-order chi connectivity index (χ1) is 5.07. The molecule has 0 aromatic carbocycles. The van der Waals surface area contributed by atoms with Gasteiger partial charge in [-0.05, 0) is 18.9 Å². The Balaban J connectivity index is 3.48. The highest BCUT2D eigenvalue weighted by atomic mass is 15.1. The minimum atomic E-state index is 0.765. The Kier molecular flexibility index (Phi) is 5.51. The maximum atomic E-state index is 5.44. The Morgan fingerprint density at radius 2 is 1.82 bits per heavy atom. The van der Waals surface area contributed by atoms with E-state index < -0.39 is 0 Å². The van der Waals surface area contributed by atoms with Crippen LogP contribution in [0.25, 0.3) is 0 Å². The Labute approximate surface area is 70.8 Å². The number of hydrogen-bond donors (Lipinski definition) is 1. The van der Waals surface area contributed by atoms with E-state index in [0.29, 0.717) is 0 Å². The molecule has 0 saturated heterocycles. The van der Waals surface area contributed by atoms with Gasteiger partial charge in [0.15, 0.2) is 0 Å². The molecule has 1 unspecified atom stereocenters. The quantitative estimate of drug-likeness (QED) is 0.651. The van der Waals surface area contributed by atoms with Crippen molar-refractivity contribution in [2.75, 3.05) is 26.7 Å². The fourth-order valence-corrected chi connectivity index (χ4v) is 1.01. The second-order valence-corrected chi connectivity index (χ2v) is 3.77. The zero-order chi connectivity index (χ0) is 8.85. The summed E-state index contributed by atoms with van der Waals surface area (Å²) in [6.07, 6.45) is 0. The van der Waals surface area contributed by atoms with Crippen LogP contribution in [0.15, 0.2) is 0 Å². The molecule has 0 aliphatic carbocycles. The summed E-state index contributed by atoms with van der Waals surface area (Å²) >= 11 is 0. The number of hydrogen-bond acceptors (Lipinski definition) is 2. The number of rotatable bonds is 5. The zero-order valence-electron chi connectivity index (χ0n) is 8.30. The molecule has 0 fully saturated rings. The fourth-order valence-electron chi connectivity index (χ4n) is 1.01. The first-order valence-electron chi connectivity index (χ1n) is 4.46. The van der Waals surface area contributed by atoms with E-state index in [1.807, 2.05) is 0 Å². The highest BCUT2D eigenvalue weighted by Crippen LogP contribution is 2.09. The van der Waals surface area contributed by atoms with Gasteiger partial charge in [0.2, 0.25) is 0 Å². The first kappa shape index (κ1) is 10.9. The van der Waals surface area contributed by atoms with Crippen LogP contribution in [0.4, 0.5) is 0 Å². The third kappa shape index (κ3) is 5.22. The summed E-state index contributed by atoms with van der Waals surface area (Å²) in [4.78, 5) is 2.30. The standard InChI is InChI=1S/C9H22N2/c1-8(2)9(3)7-11(4)6-5-10/h8-9H,5-7,10H2,1-4H3. The number of likely N-dealkylation sites (N-methyl/N-ethyl adjacent to an activating group) is 1. The molecular weight excluding hydrogens is 136 g/mol. The van der Waals surface area contributed by atoms with Crippen LogP contribution >= 0.6 is 0 Å². The van der Waals surface area contributed by atoms with Crippen molar-refractivity contribution < 1.29 is 0 Å². The lowest BCUT2D eigenvalue weighted by atomic mass is 9.98. The predicted molar refractivity (Wildman–Crippen MR) is 50.6 cm³/mol. The van der Waals surface area contributed by atoms with E-state index in [1.54, 1.807) is 0 Å². The molecule has 1 atom stereocenters. The maximum Gasteiger partial charge on any atom is 0.0102 e. The average molecular weight is 158 g/mol. The Morgan fingerprint density at radius 1 is 1.27 bits per heavy atom. The van der Waals surface area contributed by atoms with E-state index in [-0.39, 0.29) is 0 Å². The highest BCUT2D eigenvalue weighted by molar-refractivity contribution is 4.62. The van der Waals surface area contributed by atoms with Crippen LogP contribution in [0.1, 0.15) is 20.8 Å². The molecule has 0 aliphatic heterocycles. The van der Waals surface area contributed by atoms with Gasteiger partial charge in [0.05, 0.1) is 0 Å². The van der Waals surface area contributed by atoms with Crippen LogP contribution in [-0.4, -0.2) is 31.6 Å². The summed E-state index contributed by atoms with van der Waals surface area (Å²) in [5.74, 6) is 1.54. The van der Waals surface area contributed by atoms with Gasteiger partial charge in [-0.25, -0.2) is 0 Å². The minimum Gasteiger partial charge on any atom is -0.329 e. The number of nitrogens with two attached hydrogens (primary N) is 1. The molecule has 0 amide bonds. The molecule has 0 spiro atoms. The Bertz CT molecular complexity index is 91.6. The SMILES string of the molecule is CC(C)C(C)CN(C)CCN. The van der Waals surface area contributed by atoms with Crippen LogP contribution in [0.3, 0.4) is 0 Å². The topological polar surface area (TPSA) is 29.3 Å². The van der Waals surface area contributed by atoms with Crippen molar-refractivity contribution in [3.8, 4) is 0 Å². The van der Waals surface area contributed by atoms with Gasteiger partial charge >= 0.3 is 0 Å². The van der Waals surface area contributed by atoms with Crippen molar-refractivity contribution in [1.82, 2.24) is 4.90 Å². The third-order valence-corrected chi connectivity index (χ3v) is 2.25. The molecular formula is C9H22N2. The number of nitrogens with zero attached hydrogens (tertiary/aromatic N) is 1. The maximum absolute atomic E-state index is 5.44. The van der Waals surface area contributed by atoms with Crippen LogP contribution < -0.4 is 5.73 Å². The summed E-state index contributed by atoms with van der Waals surface area (Å²) < 4.78 is 0. The second kappa shape index (κ2) is 5.56. The lowest BCUT2D eigenvalue weighted by Gasteiger charge is -2.22. The Morgan fingerprint density at radius 3 is 2.18 bits per heavy atom. The van der Waals surface area contributed by atoms with Gasteiger partial charge < -0.3 is 10.6 Å². The van der Waals surface area contributed by atoms with Gasteiger partial charge in [-0.15, -0.1) is 0 Å². The van der Waals surface area contributed by atoms with Crippen molar-refractivity contribution >= 4 is 0 Å². The van der Waals surface area contributed by atoms with E-state index in [2.05, 4.69) is 32.7 Å². The molecule has 2 heteroatoms. The van der Waals surface area contributed by atoms with Crippen molar-refractivity contribution in [2.45, 2.75) is 20.8 Å². The molecule has 0 bridgehead atoms. The van der Waals surface area contributed by atoms with Gasteiger partial charge in [0.25, 0.3) is 0 Å². The summed E-state index contributed by atoms with van der Waals surface area (Å²) in [6.45, 7) is 9.76. The van der Waals surface area contributed by atoms with Gasteiger partial charge in [-0.3, -0.25) is 0 Å². The van der Waals surface area contributed by atoms with Gasteiger partial charge in [0, 0.05) is 19.6 Å². The van der Waals surface area contributed by atoms with Crippen LogP contribution in [0.5, 0.6) is 0 Å². The molecule has 0 radical (unpaired) electrons. The molecule has 0 aromatic rings. The normalized spacial score (nSPS) is 14.5. The summed E-state index contributed by atoms with van der Waals surface area (Å²) in [5.41, 5.74) is 5.44. The monoisotopic (exact) mass is 158 g/mol. The van der Waals surface area contributed by atoms with Crippen LogP contribution in [-0.2, 0) is 0 Å². The fraction of sp³-hybridized carbons (Fsp3) is 1.00. The lowest BCUT2D eigenvalue weighted by Crippen LogP contribution is -2.31. The second-order valence-electron chi connectivity index (χ2n) is 3.77. The highest BCUT2D eigenvalue weighted by Gasteiger charge is 2.08. The van der Waals surface area contributed by atoms with Gasteiger partial charge in [0.1, 0.15) is 0 Å². The summed E-state index contributed by atoms with van der Waals surface area (Å²) in [6, 6.07) is 0. The van der Waals surface area contributed by atoms with Gasteiger partial charge in [-0.1, -0.05) is 20.8 Å². The lowest BCUT2D eigenvalue weighted by molar-refractivity contribution is 0.254. The van der Waals surface area contributed by atoms with Crippen molar-refractivity contribution in [2.24, 2.45) is 17.6 Å². The molecule has 11 heavy (non-hydrogen) atoms. The van der Waals surface area contributed by atoms with Crippen LogP contribution in [0, 0.1) is 11.8 Å². The first-order valence-corrected chi connectivity index (χ1v) is 4.46. The predicted octanol–water partition coefficient (Wildman–Crippen LogP) is 1.17. The third-order valence-electron chi connectivity index (χ3n) is 2.25. The molecule has 2 nitrogen and oxygen atoms in total. The molecule has 68 valence electrons. The average Bonchev–Trinajstić information content (AvgIpc) is 1.87. The van der Waals surface area contributed by atoms with Crippen molar-refractivity contribution in [1.29, 1.82) is 0 Å². The van der Waals surface area contributed by atoms with Crippen molar-refractivity contribution in [3.05, 3.63) is 0 Å². The smallest absolute Gasteiger partial charge is 0.0102 e. The molecule has 0 saturated carbocycles. The molecule has 0 aliphatic rings. The molecule has 2 N–H and O–H groups in total.